The number of carbonyl (C=O) groups excluding carboxylic acids is 14. The molecule has 2 fully saturated rings. The number of hydrogen-bond donors (Lipinski definition) is 25. The Bertz CT molecular complexity index is 4070. The van der Waals surface area contributed by atoms with E-state index in [4.69, 9.17) is 61.8 Å². The second-order valence-corrected chi connectivity index (χ2v) is 31.3. The van der Waals surface area contributed by atoms with Crippen molar-refractivity contribution in [3.63, 3.8) is 0 Å². The number of benzene rings is 3. The topological polar surface area (TPSA) is 691 Å². The van der Waals surface area contributed by atoms with Crippen molar-refractivity contribution in [3.8, 4) is 0 Å². The number of nitrogens with one attached hydrogen (secondary N) is 18. The Labute approximate surface area is 716 Å². The molecule has 0 unspecified atom stereocenters. The molecular formula is C82H129N27O14. The van der Waals surface area contributed by atoms with E-state index in [0.29, 0.717) is 55.2 Å². The van der Waals surface area contributed by atoms with E-state index in [1.807, 2.05) is 0 Å². The zero-order valence-electron chi connectivity index (χ0n) is 70.7. The summed E-state index contributed by atoms with van der Waals surface area (Å²) in [5, 5.41) is 68.4. The molecule has 676 valence electrons. The van der Waals surface area contributed by atoms with Crippen molar-refractivity contribution in [1.29, 1.82) is 21.6 Å². The number of carbonyl (C=O) groups is 14. The third-order valence-electron chi connectivity index (χ3n) is 20.7. The molecule has 123 heavy (non-hydrogen) atoms. The number of ketones is 1. The SMILES string of the molecule is CC(C)C[C@H](NC(=O)[C@@H]1CCCN1C(=O)[C@@H]1CCCN1C(=O)[C@H](CCCNC(=N)N)NC(=O)[C@H](CCCCN)NC(=O)[C@H](Cc1ccccc1)NC(=O)[C@H](CCCCN)NC(=O)CNC(=O)c1ccc(C(=O)c2ccccc2)cc1)C(=O)N[C@@H](CCCNC(=N)N)C(=O)N[C@@H](CCCNC(=N)N)C(=O)N[C@H](C(=O)N[C@@H](CCCNC(=N)N)C(N)=O)C(C)C. The molecule has 32 N–H and O–H groups in total. The maximum absolute atomic E-state index is 15.3. The summed E-state index contributed by atoms with van der Waals surface area (Å²) in [7, 11) is 0. The third-order valence-corrected chi connectivity index (χ3v) is 20.7. The average Bonchev–Trinajstić information content (AvgIpc) is 1.66. The maximum Gasteiger partial charge on any atom is 0.251 e. The fraction of sp³-hybridized carbons (Fsp3) is 0.561. The lowest BCUT2D eigenvalue weighted by Gasteiger charge is -2.34. The first kappa shape index (κ1) is 101. The van der Waals surface area contributed by atoms with Crippen LogP contribution in [0.5, 0.6) is 0 Å². The Morgan fingerprint density at radius 1 is 0.398 bits per heavy atom. The highest BCUT2D eigenvalue weighted by atomic mass is 16.2. The number of amides is 13. The summed E-state index contributed by atoms with van der Waals surface area (Å²) in [6.07, 6.45) is 2.91. The summed E-state index contributed by atoms with van der Waals surface area (Å²) < 4.78 is 0. The molecule has 5 rings (SSSR count). The molecule has 41 nitrogen and oxygen atoms in total. The third kappa shape index (κ3) is 35.6. The molecule has 11 atom stereocenters. The molecular weight excluding hydrogens is 1590 g/mol. The zero-order chi connectivity index (χ0) is 90.7. The minimum atomic E-state index is -1.43. The average molecular weight is 1720 g/mol. The first-order valence-corrected chi connectivity index (χ1v) is 42.0. The maximum atomic E-state index is 15.3. The van der Waals surface area contributed by atoms with Crippen molar-refractivity contribution in [2.75, 3.05) is 58.9 Å². The summed E-state index contributed by atoms with van der Waals surface area (Å²) in [4.78, 5) is 202. The highest BCUT2D eigenvalue weighted by molar-refractivity contribution is 6.09. The van der Waals surface area contributed by atoms with Gasteiger partial charge in [-0.15, -0.1) is 0 Å². The van der Waals surface area contributed by atoms with Crippen LogP contribution in [0.25, 0.3) is 0 Å². The van der Waals surface area contributed by atoms with Gasteiger partial charge in [-0.2, -0.15) is 0 Å². The minimum absolute atomic E-state index is 0.00587. The lowest BCUT2D eigenvalue weighted by atomic mass is 10.00. The van der Waals surface area contributed by atoms with E-state index in [1.165, 1.54) is 34.1 Å². The van der Waals surface area contributed by atoms with Crippen LogP contribution in [0.1, 0.15) is 182 Å². The quantitative estimate of drug-likeness (QED) is 0.0114. The Balaban J connectivity index is 1.36. The second kappa shape index (κ2) is 53.3. The standard InChI is InChI=1S/C82H129N27O14/c1-48(2)45-60(73(118)103-57(28-16-40-95-80(88)89)70(115)101-58(29-17-41-96-81(90)91)72(117)107-65(49(3)4)76(121)100-54(67(85)112)27-15-39-94-79(86)87)106-75(120)62-31-19-43-108(62)78(123)63-32-20-44-109(63)77(122)59(30-18-42-97-82(92)93)104-71(116)56(26-12-14-38-84)102-74(119)61(46-50-21-7-5-8-22-50)105-69(114)55(25-11-13-37-83)99-64(110)47-98-68(113)53-35-33-52(34-36-53)66(111)51-23-9-6-10-24-51/h5-10,21-24,33-36,48-49,54-63,65H,11-20,25-32,37-47,83-84H2,1-4H3,(H2,85,112)(H,98,113)(H,99,110)(H,100,121)(H,101,115)(H,102,119)(H,103,118)(H,104,116)(H,105,114)(H,106,120)(H,107,117)(H4,86,87,94)(H4,88,89,95)(H4,90,91,96)(H4,92,93,97)/t54-,55-,56-,57-,58-,59-,60-,61-,62-,63-,65-/m0/s1. The molecule has 0 spiro atoms. The number of unbranched alkanes of at least 4 members (excludes halogenated alkanes) is 2. The number of primary amides is 1. The molecule has 0 aromatic heterocycles. The molecule has 0 bridgehead atoms. The zero-order valence-corrected chi connectivity index (χ0v) is 70.7. The number of rotatable bonds is 54. The second-order valence-electron chi connectivity index (χ2n) is 31.3. The Morgan fingerprint density at radius 2 is 0.789 bits per heavy atom. The van der Waals surface area contributed by atoms with Gasteiger partial charge in [0.2, 0.25) is 70.9 Å². The van der Waals surface area contributed by atoms with E-state index >= 15 is 9.59 Å². The Morgan fingerprint density at radius 3 is 1.26 bits per heavy atom. The van der Waals surface area contributed by atoms with Crippen molar-refractivity contribution in [2.45, 2.75) is 223 Å². The molecule has 3 aromatic rings. The Kier molecular flexibility index (Phi) is 43.7. The van der Waals surface area contributed by atoms with Crippen molar-refractivity contribution in [1.82, 2.24) is 84.2 Å². The first-order valence-electron chi connectivity index (χ1n) is 42.0. The monoisotopic (exact) mass is 1720 g/mol. The number of likely N-dealkylation sites (tertiary alicyclic amines) is 2. The van der Waals surface area contributed by atoms with Gasteiger partial charge in [0.1, 0.15) is 66.5 Å². The van der Waals surface area contributed by atoms with Gasteiger partial charge >= 0.3 is 0 Å². The normalized spacial score (nSPS) is 15.7. The van der Waals surface area contributed by atoms with Crippen molar-refractivity contribution in [3.05, 3.63) is 107 Å². The van der Waals surface area contributed by atoms with Gasteiger partial charge in [0.25, 0.3) is 5.91 Å². The van der Waals surface area contributed by atoms with Gasteiger partial charge in [0.05, 0.1) is 6.54 Å². The van der Waals surface area contributed by atoms with Crippen LogP contribution in [0.15, 0.2) is 84.9 Å². The van der Waals surface area contributed by atoms with Crippen molar-refractivity contribution < 1.29 is 67.1 Å². The van der Waals surface area contributed by atoms with Gasteiger partial charge in [-0.25, -0.2) is 0 Å². The summed E-state index contributed by atoms with van der Waals surface area (Å²) in [6.45, 7) is 7.29. The predicted octanol–water partition coefficient (Wildman–Crippen LogP) is -3.27. The molecule has 2 aliphatic rings. The molecule has 2 heterocycles. The fourth-order valence-corrected chi connectivity index (χ4v) is 14.2. The Hall–Kier alpha value is -12.6. The van der Waals surface area contributed by atoms with Crippen LogP contribution in [-0.4, -0.2) is 242 Å². The molecule has 2 aliphatic heterocycles. The molecule has 41 heteroatoms. The molecule has 3 aromatic carbocycles. The van der Waals surface area contributed by atoms with Gasteiger partial charge in [-0.3, -0.25) is 88.8 Å². The number of nitrogens with zero attached hydrogens (tertiary/aromatic N) is 2. The van der Waals surface area contributed by atoms with Gasteiger partial charge in [0.15, 0.2) is 29.6 Å². The summed E-state index contributed by atoms with van der Waals surface area (Å²) in [6, 6.07) is 8.83. The van der Waals surface area contributed by atoms with Crippen LogP contribution < -0.4 is 115 Å². The van der Waals surface area contributed by atoms with E-state index in [9.17, 15) is 57.5 Å². The largest absolute Gasteiger partial charge is 0.370 e. The first-order chi connectivity index (χ1) is 58.6. The lowest BCUT2D eigenvalue weighted by Crippen LogP contribution is -2.61. The summed E-state index contributed by atoms with van der Waals surface area (Å²) in [5.41, 5.74) is 41.1. The van der Waals surface area contributed by atoms with E-state index < -0.39 is 156 Å². The highest BCUT2D eigenvalue weighted by Gasteiger charge is 2.45. The number of hydrogen-bond acceptors (Lipinski definition) is 20. The van der Waals surface area contributed by atoms with Crippen LogP contribution in [0.2, 0.25) is 0 Å². The van der Waals surface area contributed by atoms with Crippen molar-refractivity contribution in [2.24, 2.45) is 52.0 Å². The molecule has 13 amide bonds. The summed E-state index contributed by atoms with van der Waals surface area (Å²) >= 11 is 0. The molecule has 0 saturated carbocycles. The molecule has 2 saturated heterocycles. The number of nitrogens with two attached hydrogens (primary N) is 7. The van der Waals surface area contributed by atoms with E-state index in [0.717, 1.165) is 0 Å². The van der Waals surface area contributed by atoms with Crippen LogP contribution in [0, 0.1) is 33.5 Å². The van der Waals surface area contributed by atoms with Crippen LogP contribution in [0.3, 0.4) is 0 Å². The predicted molar refractivity (Wildman–Crippen MR) is 462 cm³/mol. The van der Waals surface area contributed by atoms with E-state index in [2.05, 4.69) is 74.4 Å². The summed E-state index contributed by atoms with van der Waals surface area (Å²) in [5.74, 6) is -12.4. The van der Waals surface area contributed by atoms with Gasteiger partial charge in [-0.1, -0.05) is 100 Å². The van der Waals surface area contributed by atoms with E-state index in [-0.39, 0.29) is 183 Å². The highest BCUT2D eigenvalue weighted by Crippen LogP contribution is 2.27. The fourth-order valence-electron chi connectivity index (χ4n) is 14.2. The van der Waals surface area contributed by atoms with Crippen LogP contribution in [-0.2, 0) is 64.0 Å². The molecule has 0 aliphatic carbocycles. The van der Waals surface area contributed by atoms with Gasteiger partial charge in [0, 0.05) is 62.4 Å². The van der Waals surface area contributed by atoms with Crippen LogP contribution in [0.4, 0.5) is 0 Å². The van der Waals surface area contributed by atoms with Gasteiger partial charge in [-0.05, 0) is 165 Å². The lowest BCUT2D eigenvalue weighted by molar-refractivity contribution is -0.148. The van der Waals surface area contributed by atoms with Crippen molar-refractivity contribution >= 4 is 106 Å². The smallest absolute Gasteiger partial charge is 0.251 e. The van der Waals surface area contributed by atoms with E-state index in [1.54, 1.807) is 88.4 Å². The number of guanidine groups is 4. The van der Waals surface area contributed by atoms with Crippen LogP contribution >= 0.6 is 0 Å². The van der Waals surface area contributed by atoms with Gasteiger partial charge < -0.3 is 124 Å². The molecule has 0 radical (unpaired) electrons. The minimum Gasteiger partial charge on any atom is -0.370 e.